The first kappa shape index (κ1) is 15.0. The minimum absolute atomic E-state index is 0.0705. The summed E-state index contributed by atoms with van der Waals surface area (Å²) < 4.78 is 12.7. The lowest BCUT2D eigenvalue weighted by atomic mass is 10.2. The van der Waals surface area contributed by atoms with Gasteiger partial charge < -0.3 is 5.32 Å². The molecule has 0 aliphatic rings. The number of carbonyl (C=O) groups is 1. The lowest BCUT2D eigenvalue weighted by molar-refractivity contribution is -0.119. The third-order valence-electron chi connectivity index (χ3n) is 2.55. The van der Waals surface area contributed by atoms with Crippen LogP contribution in [0.3, 0.4) is 0 Å². The van der Waals surface area contributed by atoms with Crippen LogP contribution >= 0.6 is 11.6 Å². The molecule has 2 rings (SSSR count). The van der Waals surface area contributed by atoms with Gasteiger partial charge in [-0.3, -0.25) is 4.79 Å². The van der Waals surface area contributed by atoms with Crippen molar-refractivity contribution in [2.75, 3.05) is 11.9 Å². The molecule has 2 aromatic carbocycles. The normalized spacial score (nSPS) is 10.6. The van der Waals surface area contributed by atoms with E-state index in [-0.39, 0.29) is 18.3 Å². The Morgan fingerprint density at radius 1 is 1.24 bits per heavy atom. The smallest absolute Gasteiger partial charge is 0.259 e. The van der Waals surface area contributed by atoms with Crippen molar-refractivity contribution < 1.29 is 9.18 Å². The second-order valence-electron chi connectivity index (χ2n) is 4.21. The fourth-order valence-corrected chi connectivity index (χ4v) is 1.74. The van der Waals surface area contributed by atoms with Crippen molar-refractivity contribution in [3.05, 3.63) is 64.9 Å². The largest absolute Gasteiger partial charge is 0.376 e. The van der Waals surface area contributed by atoms with Gasteiger partial charge in [0.2, 0.25) is 0 Å². The molecule has 2 aromatic rings. The van der Waals surface area contributed by atoms with Crippen LogP contribution in [-0.4, -0.2) is 18.7 Å². The Bertz CT molecular complexity index is 644. The van der Waals surface area contributed by atoms with Crippen molar-refractivity contribution in [1.82, 2.24) is 5.43 Å². The number of hydrogen-bond donors (Lipinski definition) is 2. The van der Waals surface area contributed by atoms with E-state index in [4.69, 9.17) is 11.6 Å². The zero-order valence-corrected chi connectivity index (χ0v) is 11.8. The predicted molar refractivity (Wildman–Crippen MR) is 82.1 cm³/mol. The number of hydrazone groups is 1. The van der Waals surface area contributed by atoms with E-state index in [0.717, 1.165) is 5.69 Å². The molecule has 0 saturated carbocycles. The highest BCUT2D eigenvalue weighted by Gasteiger charge is 1.99. The highest BCUT2D eigenvalue weighted by atomic mass is 35.5. The Kier molecular flexibility index (Phi) is 5.29. The number of rotatable bonds is 5. The van der Waals surface area contributed by atoms with Crippen LogP contribution in [0, 0.1) is 5.82 Å². The minimum atomic E-state index is -0.318. The minimum Gasteiger partial charge on any atom is -0.376 e. The molecule has 4 nitrogen and oxygen atoms in total. The molecular formula is C15H13ClFN3O. The van der Waals surface area contributed by atoms with E-state index in [9.17, 15) is 9.18 Å². The molecule has 2 N–H and O–H groups in total. The van der Waals surface area contributed by atoms with Crippen molar-refractivity contribution in [2.45, 2.75) is 0 Å². The quantitative estimate of drug-likeness (QED) is 0.659. The van der Waals surface area contributed by atoms with Gasteiger partial charge in [0, 0.05) is 10.7 Å². The molecule has 0 heterocycles. The molecule has 0 aliphatic carbocycles. The molecule has 0 fully saturated rings. The van der Waals surface area contributed by atoms with E-state index in [0.29, 0.717) is 10.6 Å². The number of nitrogens with zero attached hydrogens (tertiary/aromatic N) is 1. The van der Waals surface area contributed by atoms with Crippen LogP contribution in [0.15, 0.2) is 53.6 Å². The Balaban J connectivity index is 1.78. The van der Waals surface area contributed by atoms with Crippen molar-refractivity contribution in [2.24, 2.45) is 5.10 Å². The zero-order valence-electron chi connectivity index (χ0n) is 11.0. The highest BCUT2D eigenvalue weighted by Crippen LogP contribution is 2.14. The van der Waals surface area contributed by atoms with Crippen LogP contribution in [0.4, 0.5) is 10.1 Å². The van der Waals surface area contributed by atoms with Gasteiger partial charge in [0.25, 0.3) is 5.91 Å². The Morgan fingerprint density at radius 3 is 2.71 bits per heavy atom. The second kappa shape index (κ2) is 7.40. The van der Waals surface area contributed by atoms with Crippen molar-refractivity contribution in [1.29, 1.82) is 0 Å². The molecule has 0 spiro atoms. The molecule has 1 amide bonds. The molecular weight excluding hydrogens is 293 g/mol. The zero-order chi connectivity index (χ0) is 15.1. The highest BCUT2D eigenvalue weighted by molar-refractivity contribution is 6.30. The molecule has 0 aliphatic heterocycles. The summed E-state index contributed by atoms with van der Waals surface area (Å²) >= 11 is 5.83. The van der Waals surface area contributed by atoms with Crippen LogP contribution in [0.2, 0.25) is 5.02 Å². The van der Waals surface area contributed by atoms with Gasteiger partial charge in [0.1, 0.15) is 5.82 Å². The van der Waals surface area contributed by atoms with Gasteiger partial charge in [0.15, 0.2) is 0 Å². The number of carbonyl (C=O) groups excluding carboxylic acids is 1. The summed E-state index contributed by atoms with van der Waals surface area (Å²) in [5.74, 6) is -0.616. The van der Waals surface area contributed by atoms with Gasteiger partial charge >= 0.3 is 0 Å². The molecule has 0 unspecified atom stereocenters. The lowest BCUT2D eigenvalue weighted by Crippen LogP contribution is -2.25. The molecule has 0 bridgehead atoms. The monoisotopic (exact) mass is 305 g/mol. The third kappa shape index (κ3) is 5.24. The Morgan fingerprint density at radius 2 is 2.00 bits per heavy atom. The average molecular weight is 306 g/mol. The third-order valence-corrected chi connectivity index (χ3v) is 2.79. The SMILES string of the molecule is O=C(CNc1cccc(Cl)c1)N/N=C\c1ccc(F)cc1. The maximum atomic E-state index is 12.7. The van der Waals surface area contributed by atoms with E-state index in [1.54, 1.807) is 36.4 Å². The summed E-state index contributed by atoms with van der Waals surface area (Å²) in [6.45, 7) is 0.0705. The van der Waals surface area contributed by atoms with E-state index >= 15 is 0 Å². The molecule has 108 valence electrons. The Hall–Kier alpha value is -2.40. The topological polar surface area (TPSA) is 53.5 Å². The summed E-state index contributed by atoms with van der Waals surface area (Å²) in [6.07, 6.45) is 1.44. The summed E-state index contributed by atoms with van der Waals surface area (Å²) in [7, 11) is 0. The van der Waals surface area contributed by atoms with Crippen LogP contribution in [0.5, 0.6) is 0 Å². The lowest BCUT2D eigenvalue weighted by Gasteiger charge is -2.05. The van der Waals surface area contributed by atoms with Crippen molar-refractivity contribution in [3.63, 3.8) is 0 Å². The number of halogens is 2. The molecule has 6 heteroatoms. The summed E-state index contributed by atoms with van der Waals surface area (Å²) in [5, 5.41) is 7.30. The Labute approximate surface area is 126 Å². The van der Waals surface area contributed by atoms with E-state index in [1.165, 1.54) is 18.3 Å². The van der Waals surface area contributed by atoms with E-state index in [1.807, 2.05) is 0 Å². The molecule has 0 aromatic heterocycles. The van der Waals surface area contributed by atoms with Gasteiger partial charge in [-0.1, -0.05) is 29.8 Å². The van der Waals surface area contributed by atoms with Crippen LogP contribution in [-0.2, 0) is 4.79 Å². The number of anilines is 1. The fourth-order valence-electron chi connectivity index (χ4n) is 1.55. The number of hydrogen-bond acceptors (Lipinski definition) is 3. The number of amides is 1. The van der Waals surface area contributed by atoms with E-state index < -0.39 is 0 Å². The first-order valence-corrected chi connectivity index (χ1v) is 6.58. The maximum absolute atomic E-state index is 12.7. The molecule has 21 heavy (non-hydrogen) atoms. The second-order valence-corrected chi connectivity index (χ2v) is 4.65. The first-order valence-electron chi connectivity index (χ1n) is 6.20. The van der Waals surface area contributed by atoms with Crippen LogP contribution < -0.4 is 10.7 Å². The van der Waals surface area contributed by atoms with Crippen molar-refractivity contribution in [3.8, 4) is 0 Å². The average Bonchev–Trinajstić information content (AvgIpc) is 2.47. The molecule has 0 radical (unpaired) electrons. The summed E-state index contributed by atoms with van der Waals surface area (Å²) in [4.78, 5) is 11.6. The van der Waals surface area contributed by atoms with E-state index in [2.05, 4.69) is 15.8 Å². The summed E-state index contributed by atoms with van der Waals surface area (Å²) in [5.41, 5.74) is 3.82. The van der Waals surface area contributed by atoms with Gasteiger partial charge in [-0.2, -0.15) is 5.10 Å². The predicted octanol–water partition coefficient (Wildman–Crippen LogP) is 3.04. The number of nitrogens with one attached hydrogen (secondary N) is 2. The fraction of sp³-hybridized carbons (Fsp3) is 0.0667. The maximum Gasteiger partial charge on any atom is 0.259 e. The first-order chi connectivity index (χ1) is 10.1. The van der Waals surface area contributed by atoms with Gasteiger partial charge in [0.05, 0.1) is 12.8 Å². The molecule has 0 saturated heterocycles. The van der Waals surface area contributed by atoms with Crippen LogP contribution in [0.1, 0.15) is 5.56 Å². The molecule has 0 atom stereocenters. The standard InChI is InChI=1S/C15H13ClFN3O/c16-12-2-1-3-14(8-12)18-10-15(21)20-19-9-11-4-6-13(17)7-5-11/h1-9,18H,10H2,(H,20,21)/b19-9-. The van der Waals surface area contributed by atoms with Gasteiger partial charge in [-0.15, -0.1) is 0 Å². The van der Waals surface area contributed by atoms with Crippen LogP contribution in [0.25, 0.3) is 0 Å². The van der Waals surface area contributed by atoms with Gasteiger partial charge in [-0.05, 0) is 35.9 Å². The van der Waals surface area contributed by atoms with Crippen molar-refractivity contribution >= 4 is 29.4 Å². The summed E-state index contributed by atoms with van der Waals surface area (Å²) in [6, 6.07) is 12.8. The van der Waals surface area contributed by atoms with Gasteiger partial charge in [-0.25, -0.2) is 9.82 Å². The number of benzene rings is 2.